The molecule has 8 nitrogen and oxygen atoms in total. The van der Waals surface area contributed by atoms with Gasteiger partial charge in [-0.15, -0.1) is 0 Å². The number of hydrogen-bond acceptors (Lipinski definition) is 5. The van der Waals surface area contributed by atoms with E-state index in [-0.39, 0.29) is 24.1 Å². The summed E-state index contributed by atoms with van der Waals surface area (Å²) in [6, 6.07) is 6.59. The van der Waals surface area contributed by atoms with Gasteiger partial charge in [0.05, 0.1) is 31.0 Å². The molecule has 40 heavy (non-hydrogen) atoms. The molecule has 1 aliphatic heterocycles. The van der Waals surface area contributed by atoms with E-state index in [1.54, 1.807) is 12.0 Å². The predicted molar refractivity (Wildman–Crippen MR) is 157 cm³/mol. The molecule has 1 aromatic carbocycles. The van der Waals surface area contributed by atoms with E-state index in [0.717, 1.165) is 59.3 Å². The highest BCUT2D eigenvalue weighted by atomic mass is 16.5. The summed E-state index contributed by atoms with van der Waals surface area (Å²) in [5.41, 5.74) is 6.58. The van der Waals surface area contributed by atoms with E-state index in [2.05, 4.69) is 34.6 Å². The third-order valence-corrected chi connectivity index (χ3v) is 8.79. The number of ether oxygens (including phenoxy) is 2. The second-order valence-corrected chi connectivity index (χ2v) is 11.7. The number of amides is 1. The molecule has 1 fully saturated rings. The Kier molecular flexibility index (Phi) is 7.82. The Morgan fingerprint density at radius 1 is 1.05 bits per heavy atom. The molecule has 0 spiro atoms. The number of aromatic amines is 1. The second-order valence-electron chi connectivity index (χ2n) is 11.7. The van der Waals surface area contributed by atoms with E-state index in [1.165, 1.54) is 0 Å². The fourth-order valence-electron chi connectivity index (χ4n) is 6.53. The Bertz CT molecular complexity index is 1480. The quantitative estimate of drug-likeness (QED) is 0.462. The zero-order valence-electron chi connectivity index (χ0n) is 24.9. The molecule has 0 bridgehead atoms. The zero-order valence-corrected chi connectivity index (χ0v) is 24.9. The fraction of sp³-hybridized carbons (Fsp3) is 0.500. The van der Waals surface area contributed by atoms with Crippen LogP contribution in [-0.2, 0) is 20.0 Å². The van der Waals surface area contributed by atoms with Crippen LogP contribution in [0, 0.1) is 20.8 Å². The highest BCUT2D eigenvalue weighted by Gasteiger charge is 2.36. The maximum Gasteiger partial charge on any atom is 0.254 e. The molecular weight excluding hydrogens is 504 g/mol. The first-order chi connectivity index (χ1) is 19.1. The molecule has 214 valence electrons. The number of fused-ring (bicyclic) bond motifs is 1. The Morgan fingerprint density at radius 3 is 2.38 bits per heavy atom. The molecule has 0 radical (unpaired) electrons. The van der Waals surface area contributed by atoms with Crippen LogP contribution in [0.3, 0.4) is 0 Å². The maximum atomic E-state index is 14.2. The summed E-state index contributed by atoms with van der Waals surface area (Å²) in [6.07, 6.45) is 6.79. The number of hydrogen-bond donors (Lipinski definition) is 1. The van der Waals surface area contributed by atoms with Crippen molar-refractivity contribution in [3.63, 3.8) is 0 Å². The number of pyridine rings is 1. The summed E-state index contributed by atoms with van der Waals surface area (Å²) in [7, 11) is 7.97. The monoisotopic (exact) mass is 546 g/mol. The molecule has 0 saturated heterocycles. The Hall–Kier alpha value is -3.52. The molecular formula is C32H42N4O4. The SMILES string of the molecule is COc1c(O[C@H]2CC[C@H](N(C)C)CC2)c(C)c2c(c1-c1cccn1C)CCN(Cc1c(C)cc(C)[nH]c1=O)C2=O. The van der Waals surface area contributed by atoms with Gasteiger partial charge in [-0.05, 0) is 96.3 Å². The van der Waals surface area contributed by atoms with Crippen LogP contribution in [0.15, 0.2) is 29.2 Å². The van der Waals surface area contributed by atoms with Crippen molar-refractivity contribution >= 4 is 5.91 Å². The summed E-state index contributed by atoms with van der Waals surface area (Å²) in [5.74, 6) is 1.28. The molecule has 1 saturated carbocycles. The number of rotatable bonds is 7. The van der Waals surface area contributed by atoms with Crippen LogP contribution in [0.2, 0.25) is 0 Å². The smallest absolute Gasteiger partial charge is 0.254 e. The van der Waals surface area contributed by atoms with E-state index in [9.17, 15) is 9.59 Å². The summed E-state index contributed by atoms with van der Waals surface area (Å²) in [5, 5.41) is 0. The minimum atomic E-state index is -0.135. The summed E-state index contributed by atoms with van der Waals surface area (Å²) in [4.78, 5) is 34.0. The normalized spacial score (nSPS) is 19.2. The van der Waals surface area contributed by atoms with Gasteiger partial charge in [0.1, 0.15) is 0 Å². The van der Waals surface area contributed by atoms with Gasteiger partial charge in [0.25, 0.3) is 11.5 Å². The van der Waals surface area contributed by atoms with E-state index >= 15 is 0 Å². The van der Waals surface area contributed by atoms with Crippen LogP contribution in [0.25, 0.3) is 11.3 Å². The van der Waals surface area contributed by atoms with Crippen molar-refractivity contribution in [3.8, 4) is 22.8 Å². The lowest BCUT2D eigenvalue weighted by molar-refractivity contribution is 0.0722. The van der Waals surface area contributed by atoms with Crippen molar-refractivity contribution in [1.82, 2.24) is 19.4 Å². The van der Waals surface area contributed by atoms with E-state index in [4.69, 9.17) is 9.47 Å². The average Bonchev–Trinajstić information content (AvgIpc) is 3.33. The maximum absolute atomic E-state index is 14.2. The first-order valence-corrected chi connectivity index (χ1v) is 14.3. The molecule has 0 unspecified atom stereocenters. The average molecular weight is 547 g/mol. The van der Waals surface area contributed by atoms with Crippen LogP contribution in [-0.4, -0.2) is 65.2 Å². The van der Waals surface area contributed by atoms with E-state index < -0.39 is 0 Å². The van der Waals surface area contributed by atoms with Crippen molar-refractivity contribution in [2.45, 2.75) is 71.6 Å². The third-order valence-electron chi connectivity index (χ3n) is 8.79. The van der Waals surface area contributed by atoms with E-state index in [0.29, 0.717) is 41.6 Å². The number of nitrogens with one attached hydrogen (secondary N) is 1. The van der Waals surface area contributed by atoms with Gasteiger partial charge in [0.2, 0.25) is 0 Å². The molecule has 0 atom stereocenters. The van der Waals surface area contributed by atoms with Gasteiger partial charge in [-0.2, -0.15) is 0 Å². The minimum absolute atomic E-state index is 0.0617. The molecule has 1 aliphatic carbocycles. The molecule has 2 aromatic heterocycles. The highest BCUT2D eigenvalue weighted by Crippen LogP contribution is 2.48. The van der Waals surface area contributed by atoms with Gasteiger partial charge in [-0.1, -0.05) is 0 Å². The Balaban J connectivity index is 1.58. The standard InChI is InChI=1S/C32H42N4O4/c1-19-17-20(2)33-31(37)25(19)18-36-16-14-24-27(32(36)38)21(3)29(40-23-12-10-22(11-13-23)34(4)5)30(39-7)28(24)26-9-8-15-35(26)6/h8-9,15,17,22-23H,10-14,16,18H2,1-7H3,(H,33,37)/t22-,23-. The number of aryl methyl sites for hydroxylation is 3. The summed E-state index contributed by atoms with van der Waals surface area (Å²) >= 11 is 0. The van der Waals surface area contributed by atoms with Crippen molar-refractivity contribution in [3.05, 3.63) is 68.3 Å². The Morgan fingerprint density at radius 2 is 1.77 bits per heavy atom. The van der Waals surface area contributed by atoms with Crippen molar-refractivity contribution in [1.29, 1.82) is 0 Å². The fourth-order valence-corrected chi connectivity index (χ4v) is 6.53. The van der Waals surface area contributed by atoms with E-state index in [1.807, 2.05) is 46.1 Å². The lowest BCUT2D eigenvalue weighted by Crippen LogP contribution is -2.40. The van der Waals surface area contributed by atoms with Crippen LogP contribution in [0.4, 0.5) is 0 Å². The minimum Gasteiger partial charge on any atom is -0.492 e. The van der Waals surface area contributed by atoms with Gasteiger partial charge in [0.15, 0.2) is 11.5 Å². The zero-order chi connectivity index (χ0) is 28.7. The molecule has 2 aliphatic rings. The highest BCUT2D eigenvalue weighted by molar-refractivity contribution is 6.02. The Labute approximate surface area is 236 Å². The molecule has 1 amide bonds. The van der Waals surface area contributed by atoms with Crippen LogP contribution in [0.1, 0.15) is 64.0 Å². The van der Waals surface area contributed by atoms with Crippen molar-refractivity contribution < 1.29 is 14.3 Å². The molecule has 5 rings (SSSR count). The molecule has 3 aromatic rings. The van der Waals surface area contributed by atoms with Crippen LogP contribution >= 0.6 is 0 Å². The second kappa shape index (κ2) is 11.2. The van der Waals surface area contributed by atoms with Gasteiger partial charge in [-0.3, -0.25) is 9.59 Å². The predicted octanol–water partition coefficient (Wildman–Crippen LogP) is 4.76. The first-order valence-electron chi connectivity index (χ1n) is 14.3. The third kappa shape index (κ3) is 5.05. The number of nitrogens with zero attached hydrogens (tertiary/aromatic N) is 3. The largest absolute Gasteiger partial charge is 0.492 e. The topological polar surface area (TPSA) is 79.8 Å². The lowest BCUT2D eigenvalue weighted by atomic mass is 9.87. The number of carbonyl (C=O) groups is 1. The number of benzene rings is 1. The van der Waals surface area contributed by atoms with Gasteiger partial charge < -0.3 is 28.8 Å². The number of carbonyl (C=O) groups excluding carboxylic acids is 1. The number of aromatic nitrogens is 2. The van der Waals surface area contributed by atoms with Crippen molar-refractivity contribution in [2.75, 3.05) is 27.7 Å². The molecule has 8 heteroatoms. The van der Waals surface area contributed by atoms with Crippen LogP contribution < -0.4 is 15.0 Å². The molecule has 1 N–H and O–H groups in total. The van der Waals surface area contributed by atoms with Crippen molar-refractivity contribution in [2.24, 2.45) is 7.05 Å². The number of methoxy groups -OCH3 is 1. The van der Waals surface area contributed by atoms with Gasteiger partial charge in [0, 0.05) is 48.2 Å². The lowest BCUT2D eigenvalue weighted by Gasteiger charge is -2.35. The van der Waals surface area contributed by atoms with Gasteiger partial charge in [-0.25, -0.2) is 0 Å². The van der Waals surface area contributed by atoms with Crippen LogP contribution in [0.5, 0.6) is 11.5 Å². The number of H-pyrrole nitrogens is 1. The van der Waals surface area contributed by atoms with Gasteiger partial charge >= 0.3 is 0 Å². The first kappa shape index (κ1) is 28.0. The summed E-state index contributed by atoms with van der Waals surface area (Å²) in [6.45, 7) is 6.57. The summed E-state index contributed by atoms with van der Waals surface area (Å²) < 4.78 is 14.9. The molecule has 3 heterocycles.